The van der Waals surface area contributed by atoms with Crippen LogP contribution < -0.4 is 10.1 Å². The molecule has 1 aliphatic rings. The summed E-state index contributed by atoms with van der Waals surface area (Å²) in [7, 11) is 0. The molecule has 0 spiro atoms. The Bertz CT molecular complexity index is 868. The van der Waals surface area contributed by atoms with Crippen molar-refractivity contribution < 1.29 is 19.1 Å². The first kappa shape index (κ1) is 19.4. The molecule has 28 heavy (non-hydrogen) atoms. The molecule has 3 rings (SSSR count). The first-order chi connectivity index (χ1) is 13.6. The van der Waals surface area contributed by atoms with E-state index in [4.69, 9.17) is 9.47 Å². The Hall–Kier alpha value is -3.33. The summed E-state index contributed by atoms with van der Waals surface area (Å²) in [6.45, 7) is -0.730. The minimum Gasteiger partial charge on any atom is -0.481 e. The molecule has 0 atom stereocenters. The quantitative estimate of drug-likeness (QED) is 0.747. The van der Waals surface area contributed by atoms with Crippen molar-refractivity contribution in [3.63, 3.8) is 0 Å². The number of amides is 1. The van der Waals surface area contributed by atoms with Crippen molar-refractivity contribution in [1.29, 1.82) is 5.26 Å². The van der Waals surface area contributed by atoms with Crippen molar-refractivity contribution in [3.05, 3.63) is 54.6 Å². The Balaban J connectivity index is 1.50. The molecule has 1 N–H and O–H groups in total. The molecule has 1 saturated carbocycles. The van der Waals surface area contributed by atoms with Gasteiger partial charge < -0.3 is 14.8 Å². The molecule has 144 valence electrons. The highest BCUT2D eigenvalue weighted by atomic mass is 16.6. The van der Waals surface area contributed by atoms with E-state index >= 15 is 0 Å². The standard InChI is InChI=1S/C22H22N2O4/c23-16-22(12-6-7-13-22)24-20(25)14-28-21(26)15-27-19-11-5-4-10-18(19)17-8-2-1-3-9-17/h1-5,8-11H,6-7,12-15H2,(H,24,25). The SMILES string of the molecule is N#CC1(NC(=O)COC(=O)COc2ccccc2-c2ccccc2)CCCC1. The van der Waals surface area contributed by atoms with E-state index in [1.54, 1.807) is 6.07 Å². The number of para-hydroxylation sites is 1. The lowest BCUT2D eigenvalue weighted by Gasteiger charge is -2.21. The zero-order valence-electron chi connectivity index (χ0n) is 15.5. The third-order valence-corrected chi connectivity index (χ3v) is 4.73. The second-order valence-corrected chi connectivity index (χ2v) is 6.76. The molecular weight excluding hydrogens is 356 g/mol. The molecule has 0 aliphatic heterocycles. The van der Waals surface area contributed by atoms with E-state index in [9.17, 15) is 14.9 Å². The van der Waals surface area contributed by atoms with Crippen molar-refractivity contribution in [2.75, 3.05) is 13.2 Å². The topological polar surface area (TPSA) is 88.4 Å². The van der Waals surface area contributed by atoms with Gasteiger partial charge in [0.05, 0.1) is 6.07 Å². The molecule has 0 unspecified atom stereocenters. The van der Waals surface area contributed by atoms with Crippen LogP contribution in [0.2, 0.25) is 0 Å². The number of nitriles is 1. The Kier molecular flexibility index (Phi) is 6.28. The van der Waals surface area contributed by atoms with Gasteiger partial charge in [-0.2, -0.15) is 5.26 Å². The average molecular weight is 378 g/mol. The van der Waals surface area contributed by atoms with E-state index in [-0.39, 0.29) is 6.61 Å². The number of rotatable bonds is 7. The second-order valence-electron chi connectivity index (χ2n) is 6.76. The zero-order chi connectivity index (χ0) is 19.8. The monoisotopic (exact) mass is 378 g/mol. The van der Waals surface area contributed by atoms with E-state index in [1.165, 1.54) is 0 Å². The largest absolute Gasteiger partial charge is 0.481 e. The minimum atomic E-state index is -0.825. The van der Waals surface area contributed by atoms with Crippen molar-refractivity contribution in [2.45, 2.75) is 31.2 Å². The van der Waals surface area contributed by atoms with Crippen LogP contribution in [0.4, 0.5) is 0 Å². The van der Waals surface area contributed by atoms with Crippen molar-refractivity contribution in [1.82, 2.24) is 5.32 Å². The normalized spacial score (nSPS) is 14.7. The lowest BCUT2D eigenvalue weighted by Crippen LogP contribution is -2.46. The van der Waals surface area contributed by atoms with Crippen molar-refractivity contribution in [2.24, 2.45) is 0 Å². The molecule has 6 nitrogen and oxygen atoms in total. The Morgan fingerprint density at radius 2 is 1.68 bits per heavy atom. The average Bonchev–Trinajstić information content (AvgIpc) is 3.20. The van der Waals surface area contributed by atoms with E-state index in [0.717, 1.165) is 24.0 Å². The van der Waals surface area contributed by atoms with Crippen LogP contribution in [0.5, 0.6) is 5.75 Å². The van der Waals surface area contributed by atoms with Crippen molar-refractivity contribution in [3.8, 4) is 22.9 Å². The number of hydrogen-bond donors (Lipinski definition) is 1. The van der Waals surface area contributed by atoms with E-state index in [2.05, 4.69) is 11.4 Å². The van der Waals surface area contributed by atoms with Gasteiger partial charge in [0.15, 0.2) is 13.2 Å². The molecule has 1 fully saturated rings. The van der Waals surface area contributed by atoms with Gasteiger partial charge in [-0.05, 0) is 37.3 Å². The summed E-state index contributed by atoms with van der Waals surface area (Å²) >= 11 is 0. The molecule has 0 saturated heterocycles. The number of nitrogens with zero attached hydrogens (tertiary/aromatic N) is 1. The predicted octanol–water partition coefficient (Wildman–Crippen LogP) is 3.23. The number of hydrogen-bond acceptors (Lipinski definition) is 5. The highest BCUT2D eigenvalue weighted by Crippen LogP contribution is 2.30. The van der Waals surface area contributed by atoms with Gasteiger partial charge in [0.2, 0.25) is 0 Å². The van der Waals surface area contributed by atoms with E-state index in [0.29, 0.717) is 18.6 Å². The number of carbonyl (C=O) groups excluding carboxylic acids is 2. The molecule has 2 aromatic carbocycles. The van der Waals surface area contributed by atoms with Gasteiger partial charge in [0.25, 0.3) is 5.91 Å². The summed E-state index contributed by atoms with van der Waals surface area (Å²) in [6, 6.07) is 19.3. The Morgan fingerprint density at radius 1 is 1.00 bits per heavy atom. The highest BCUT2D eigenvalue weighted by Gasteiger charge is 2.35. The molecule has 1 amide bonds. The summed E-state index contributed by atoms with van der Waals surface area (Å²) in [6.07, 6.45) is 3.07. The molecule has 0 bridgehead atoms. The zero-order valence-corrected chi connectivity index (χ0v) is 15.5. The van der Waals surface area contributed by atoms with Crippen LogP contribution in [0.25, 0.3) is 11.1 Å². The smallest absolute Gasteiger partial charge is 0.344 e. The number of nitrogens with one attached hydrogen (secondary N) is 1. The van der Waals surface area contributed by atoms with E-state index in [1.807, 2.05) is 48.5 Å². The van der Waals surface area contributed by atoms with Crippen LogP contribution in [0.15, 0.2) is 54.6 Å². The summed E-state index contributed by atoms with van der Waals surface area (Å²) in [5, 5.41) is 12.0. The maximum absolute atomic E-state index is 12.0. The van der Waals surface area contributed by atoms with Crippen LogP contribution in [0.3, 0.4) is 0 Å². The summed E-state index contributed by atoms with van der Waals surface area (Å²) < 4.78 is 10.6. The number of benzene rings is 2. The van der Waals surface area contributed by atoms with Crippen LogP contribution in [-0.2, 0) is 14.3 Å². The summed E-state index contributed by atoms with van der Waals surface area (Å²) in [5.74, 6) is -0.554. The van der Waals surface area contributed by atoms with Crippen LogP contribution >= 0.6 is 0 Å². The Morgan fingerprint density at radius 3 is 2.39 bits per heavy atom. The van der Waals surface area contributed by atoms with Crippen molar-refractivity contribution >= 4 is 11.9 Å². The number of ether oxygens (including phenoxy) is 2. The third-order valence-electron chi connectivity index (χ3n) is 4.73. The van der Waals surface area contributed by atoms with Gasteiger partial charge in [-0.3, -0.25) is 4.79 Å². The van der Waals surface area contributed by atoms with Crippen LogP contribution in [0.1, 0.15) is 25.7 Å². The molecule has 0 aromatic heterocycles. The Labute approximate surface area is 164 Å². The summed E-state index contributed by atoms with van der Waals surface area (Å²) in [4.78, 5) is 24.0. The summed E-state index contributed by atoms with van der Waals surface area (Å²) in [5.41, 5.74) is 1.02. The minimum absolute atomic E-state index is 0.305. The predicted molar refractivity (Wildman–Crippen MR) is 103 cm³/mol. The first-order valence-corrected chi connectivity index (χ1v) is 9.27. The van der Waals surface area contributed by atoms with Crippen LogP contribution in [0, 0.1) is 11.3 Å². The maximum atomic E-state index is 12.0. The second kappa shape index (κ2) is 9.05. The third kappa shape index (κ3) is 4.89. The van der Waals surface area contributed by atoms with Gasteiger partial charge in [0.1, 0.15) is 11.3 Å². The molecule has 0 radical (unpaired) electrons. The van der Waals surface area contributed by atoms with Gasteiger partial charge in [-0.25, -0.2) is 4.79 Å². The van der Waals surface area contributed by atoms with Gasteiger partial charge in [-0.15, -0.1) is 0 Å². The molecule has 1 aliphatic carbocycles. The number of carbonyl (C=O) groups is 2. The fraction of sp³-hybridized carbons (Fsp3) is 0.318. The highest BCUT2D eigenvalue weighted by molar-refractivity contribution is 5.82. The molecule has 6 heteroatoms. The number of esters is 1. The first-order valence-electron chi connectivity index (χ1n) is 9.27. The van der Waals surface area contributed by atoms with Gasteiger partial charge >= 0.3 is 5.97 Å². The molecular formula is C22H22N2O4. The lowest BCUT2D eigenvalue weighted by atomic mass is 10.00. The maximum Gasteiger partial charge on any atom is 0.344 e. The van der Waals surface area contributed by atoms with E-state index < -0.39 is 24.0 Å². The van der Waals surface area contributed by atoms with Gasteiger partial charge in [-0.1, -0.05) is 48.5 Å². The van der Waals surface area contributed by atoms with Crippen LogP contribution in [-0.4, -0.2) is 30.6 Å². The fourth-order valence-electron chi connectivity index (χ4n) is 3.32. The molecule has 2 aromatic rings. The van der Waals surface area contributed by atoms with Gasteiger partial charge in [0, 0.05) is 5.56 Å². The molecule has 0 heterocycles. The fourth-order valence-corrected chi connectivity index (χ4v) is 3.32. The lowest BCUT2D eigenvalue weighted by molar-refractivity contribution is -0.150.